The van der Waals surface area contributed by atoms with Crippen molar-refractivity contribution < 1.29 is 18.0 Å². The van der Waals surface area contributed by atoms with Gasteiger partial charge in [0.15, 0.2) is 0 Å². The van der Waals surface area contributed by atoms with Gasteiger partial charge in [0.2, 0.25) is 0 Å². The molecule has 2 aromatic carbocycles. The molecule has 3 rings (SSSR count). The Bertz CT molecular complexity index is 1050. The predicted octanol–water partition coefficient (Wildman–Crippen LogP) is 5.98. The average molecular weight is 386 g/mol. The van der Waals surface area contributed by atoms with Crippen molar-refractivity contribution in [3.05, 3.63) is 82.2 Å². The van der Waals surface area contributed by atoms with E-state index in [0.717, 1.165) is 17.2 Å². The summed E-state index contributed by atoms with van der Waals surface area (Å²) >= 11 is 0. The topological polar surface area (TPSA) is 34.0 Å². The maximum absolute atomic E-state index is 13.4. The Morgan fingerprint density at radius 3 is 2.32 bits per heavy atom. The van der Waals surface area contributed by atoms with Crippen LogP contribution in [0.25, 0.3) is 5.69 Å². The molecular formula is C22H21F3N2O. The van der Waals surface area contributed by atoms with Crippen molar-refractivity contribution in [3.63, 3.8) is 0 Å². The number of anilines is 1. The number of halogens is 3. The lowest BCUT2D eigenvalue weighted by molar-refractivity contribution is -0.137. The first-order chi connectivity index (χ1) is 13.1. The van der Waals surface area contributed by atoms with Crippen molar-refractivity contribution >= 4 is 11.6 Å². The van der Waals surface area contributed by atoms with Crippen molar-refractivity contribution in [2.75, 3.05) is 5.32 Å². The first kappa shape index (κ1) is 19.7. The number of hydrogen-bond donors (Lipinski definition) is 1. The zero-order valence-corrected chi connectivity index (χ0v) is 16.1. The van der Waals surface area contributed by atoms with E-state index in [2.05, 4.69) is 5.32 Å². The van der Waals surface area contributed by atoms with Crippen LogP contribution in [0, 0.1) is 27.7 Å². The van der Waals surface area contributed by atoms with Crippen LogP contribution < -0.4 is 5.32 Å². The summed E-state index contributed by atoms with van der Waals surface area (Å²) in [5.41, 5.74) is 3.23. The lowest BCUT2D eigenvalue weighted by Gasteiger charge is -2.17. The lowest BCUT2D eigenvalue weighted by atomic mass is 10.1. The molecule has 0 bridgehead atoms. The first-order valence-corrected chi connectivity index (χ1v) is 8.83. The summed E-state index contributed by atoms with van der Waals surface area (Å²) in [5.74, 6) is -0.350. The van der Waals surface area contributed by atoms with Crippen LogP contribution in [0.15, 0.2) is 48.5 Å². The van der Waals surface area contributed by atoms with E-state index < -0.39 is 11.7 Å². The summed E-state index contributed by atoms with van der Waals surface area (Å²) in [6.45, 7) is 7.15. The predicted molar refractivity (Wildman–Crippen MR) is 104 cm³/mol. The number of rotatable bonds is 3. The highest BCUT2D eigenvalue weighted by molar-refractivity contribution is 6.05. The van der Waals surface area contributed by atoms with E-state index in [1.165, 1.54) is 16.7 Å². The molecule has 0 aliphatic rings. The van der Waals surface area contributed by atoms with Gasteiger partial charge in [0.05, 0.1) is 16.8 Å². The number of benzene rings is 2. The zero-order valence-electron chi connectivity index (χ0n) is 16.1. The largest absolute Gasteiger partial charge is 0.418 e. The third kappa shape index (κ3) is 3.67. The zero-order chi connectivity index (χ0) is 20.6. The molecule has 28 heavy (non-hydrogen) atoms. The maximum Gasteiger partial charge on any atom is 0.418 e. The first-order valence-electron chi connectivity index (χ1n) is 8.83. The SMILES string of the molecule is Cc1ccc(C)c(NC(=O)c2cc(C)n(-c3ccccc3C(F)(F)F)c2C)c1. The van der Waals surface area contributed by atoms with Gasteiger partial charge in [-0.3, -0.25) is 4.79 Å². The smallest absolute Gasteiger partial charge is 0.322 e. The molecule has 0 unspecified atom stereocenters. The van der Waals surface area contributed by atoms with Crippen LogP contribution in [0.1, 0.15) is 38.4 Å². The summed E-state index contributed by atoms with van der Waals surface area (Å²) in [5, 5.41) is 2.87. The summed E-state index contributed by atoms with van der Waals surface area (Å²) in [6, 6.07) is 12.7. The van der Waals surface area contributed by atoms with Gasteiger partial charge in [0, 0.05) is 17.1 Å². The number of alkyl halides is 3. The van der Waals surface area contributed by atoms with Crippen molar-refractivity contribution in [2.45, 2.75) is 33.9 Å². The molecular weight excluding hydrogens is 365 g/mol. The Balaban J connectivity index is 2.04. The van der Waals surface area contributed by atoms with Crippen molar-refractivity contribution in [2.24, 2.45) is 0 Å². The third-order valence-corrected chi connectivity index (χ3v) is 4.77. The van der Waals surface area contributed by atoms with E-state index in [1.54, 1.807) is 26.0 Å². The fourth-order valence-electron chi connectivity index (χ4n) is 3.33. The summed E-state index contributed by atoms with van der Waals surface area (Å²) in [7, 11) is 0. The van der Waals surface area contributed by atoms with Gasteiger partial charge in [-0.05, 0) is 63.1 Å². The standard InChI is InChI=1S/C22H21F3N2O/c1-13-9-10-14(2)19(11-13)26-21(28)17-12-15(3)27(16(17)4)20-8-6-5-7-18(20)22(23,24)25/h5-12H,1-4H3,(H,26,28). The number of para-hydroxylation sites is 1. The number of nitrogens with one attached hydrogen (secondary N) is 1. The Hall–Kier alpha value is -3.02. The number of aromatic nitrogens is 1. The van der Waals surface area contributed by atoms with Crippen LogP contribution in [0.3, 0.4) is 0 Å². The molecule has 3 nitrogen and oxygen atoms in total. The normalized spacial score (nSPS) is 11.5. The lowest BCUT2D eigenvalue weighted by Crippen LogP contribution is -2.15. The summed E-state index contributed by atoms with van der Waals surface area (Å²) in [4.78, 5) is 12.8. The van der Waals surface area contributed by atoms with E-state index in [1.807, 2.05) is 32.0 Å². The van der Waals surface area contributed by atoms with Crippen molar-refractivity contribution in [1.82, 2.24) is 4.57 Å². The van der Waals surface area contributed by atoms with E-state index in [-0.39, 0.29) is 11.6 Å². The molecule has 1 N–H and O–H groups in total. The van der Waals surface area contributed by atoms with Gasteiger partial charge >= 0.3 is 6.18 Å². The third-order valence-electron chi connectivity index (χ3n) is 4.77. The Morgan fingerprint density at radius 2 is 1.64 bits per heavy atom. The van der Waals surface area contributed by atoms with Gasteiger partial charge in [-0.15, -0.1) is 0 Å². The fourth-order valence-corrected chi connectivity index (χ4v) is 3.33. The van der Waals surface area contributed by atoms with Gasteiger partial charge in [-0.25, -0.2) is 0 Å². The van der Waals surface area contributed by atoms with Crippen molar-refractivity contribution in [1.29, 1.82) is 0 Å². The Labute approximate surface area is 161 Å². The van der Waals surface area contributed by atoms with Crippen LogP contribution in [0.5, 0.6) is 0 Å². The molecule has 6 heteroatoms. The van der Waals surface area contributed by atoms with Gasteiger partial charge in [-0.1, -0.05) is 24.3 Å². The van der Waals surface area contributed by atoms with Gasteiger partial charge in [0.1, 0.15) is 0 Å². The second-order valence-corrected chi connectivity index (χ2v) is 6.91. The Morgan fingerprint density at radius 1 is 0.964 bits per heavy atom. The summed E-state index contributed by atoms with van der Waals surface area (Å²) < 4.78 is 41.8. The molecule has 1 aromatic heterocycles. The van der Waals surface area contributed by atoms with E-state index in [9.17, 15) is 18.0 Å². The molecule has 0 aliphatic carbocycles. The molecule has 1 heterocycles. The highest BCUT2D eigenvalue weighted by Crippen LogP contribution is 2.35. The number of nitrogens with zero attached hydrogens (tertiary/aromatic N) is 1. The number of amides is 1. The van der Waals surface area contributed by atoms with Crippen LogP contribution in [0.4, 0.5) is 18.9 Å². The minimum absolute atomic E-state index is 0.00999. The summed E-state index contributed by atoms with van der Waals surface area (Å²) in [6.07, 6.45) is -4.49. The highest BCUT2D eigenvalue weighted by atomic mass is 19.4. The fraction of sp³-hybridized carbons (Fsp3) is 0.227. The van der Waals surface area contributed by atoms with Gasteiger partial charge < -0.3 is 9.88 Å². The van der Waals surface area contributed by atoms with E-state index in [0.29, 0.717) is 22.6 Å². The molecule has 0 aliphatic heterocycles. The quantitative estimate of drug-likeness (QED) is 0.590. The number of carbonyl (C=O) groups excluding carboxylic acids is 1. The van der Waals surface area contributed by atoms with Gasteiger partial charge in [0.25, 0.3) is 5.91 Å². The number of carbonyl (C=O) groups is 1. The van der Waals surface area contributed by atoms with Crippen LogP contribution in [0.2, 0.25) is 0 Å². The second kappa shape index (κ2) is 7.19. The Kier molecular flexibility index (Phi) is 5.06. The number of aryl methyl sites for hydroxylation is 3. The molecule has 0 saturated heterocycles. The average Bonchev–Trinajstić information content (AvgIpc) is 2.92. The molecule has 0 spiro atoms. The molecule has 0 radical (unpaired) electrons. The molecule has 0 fully saturated rings. The number of hydrogen-bond acceptors (Lipinski definition) is 1. The van der Waals surface area contributed by atoms with Crippen LogP contribution in [-0.4, -0.2) is 10.5 Å². The van der Waals surface area contributed by atoms with E-state index in [4.69, 9.17) is 0 Å². The van der Waals surface area contributed by atoms with Gasteiger partial charge in [-0.2, -0.15) is 13.2 Å². The van der Waals surface area contributed by atoms with E-state index >= 15 is 0 Å². The molecule has 3 aromatic rings. The minimum atomic E-state index is -4.49. The second-order valence-electron chi connectivity index (χ2n) is 6.91. The molecule has 0 saturated carbocycles. The van der Waals surface area contributed by atoms with Crippen LogP contribution >= 0.6 is 0 Å². The molecule has 1 amide bonds. The highest BCUT2D eigenvalue weighted by Gasteiger charge is 2.34. The monoisotopic (exact) mass is 386 g/mol. The van der Waals surface area contributed by atoms with Crippen LogP contribution in [-0.2, 0) is 6.18 Å². The molecule has 146 valence electrons. The minimum Gasteiger partial charge on any atom is -0.322 e. The maximum atomic E-state index is 13.4. The van der Waals surface area contributed by atoms with Crippen molar-refractivity contribution in [3.8, 4) is 5.69 Å². The molecule has 0 atom stereocenters.